The lowest BCUT2D eigenvalue weighted by molar-refractivity contribution is -0.140. The average Bonchev–Trinajstić information content (AvgIpc) is 3.12. The van der Waals surface area contributed by atoms with E-state index in [9.17, 15) is 19.5 Å². The van der Waals surface area contributed by atoms with E-state index < -0.39 is 11.9 Å². The van der Waals surface area contributed by atoms with Gasteiger partial charge in [0.2, 0.25) is 0 Å². The topological polar surface area (TPSA) is 108 Å². The van der Waals surface area contributed by atoms with Crippen LogP contribution < -0.4 is 10.6 Å². The number of hydrogen-bond acceptors (Lipinski definition) is 6. The molecule has 1 atom stereocenters. The number of nitrogens with zero attached hydrogens (tertiary/aromatic N) is 1. The summed E-state index contributed by atoms with van der Waals surface area (Å²) in [5, 5.41) is 15.5. The number of hydrogen-bond donors (Lipinski definition) is 3. The Morgan fingerprint density at radius 2 is 1.87 bits per heavy atom. The van der Waals surface area contributed by atoms with E-state index >= 15 is 0 Å². The fourth-order valence-electron chi connectivity index (χ4n) is 3.44. The van der Waals surface area contributed by atoms with Crippen LogP contribution in [0.2, 0.25) is 0 Å². The van der Waals surface area contributed by atoms with Crippen LogP contribution in [0, 0.1) is 0 Å². The molecule has 8 nitrogen and oxygen atoms in total. The van der Waals surface area contributed by atoms with Crippen molar-refractivity contribution in [3.63, 3.8) is 0 Å². The van der Waals surface area contributed by atoms with Gasteiger partial charge in [0, 0.05) is 19.2 Å². The molecule has 164 valence electrons. The lowest BCUT2D eigenvalue weighted by Gasteiger charge is -2.29. The zero-order chi connectivity index (χ0) is 21.9. The van der Waals surface area contributed by atoms with Gasteiger partial charge in [-0.2, -0.15) is 0 Å². The first-order valence-corrected chi connectivity index (χ1v) is 10.4. The van der Waals surface area contributed by atoms with Crippen molar-refractivity contribution in [1.29, 1.82) is 0 Å². The molecule has 1 amide bonds. The van der Waals surface area contributed by atoms with Crippen molar-refractivity contribution >= 4 is 17.8 Å². The molecular formula is C22H31N3O5. The summed E-state index contributed by atoms with van der Waals surface area (Å²) in [6.07, 6.45) is 7.75. The predicted octanol–water partition coefficient (Wildman–Crippen LogP) is 3.07. The SMILES string of the molecule is CCCCCCN1C(NC(=O)c2ccccc2C(=O)O)=CNC1CCCC(=O)OC. The van der Waals surface area contributed by atoms with Crippen LogP contribution in [0.25, 0.3) is 0 Å². The molecule has 0 radical (unpaired) electrons. The predicted molar refractivity (Wildman–Crippen MR) is 113 cm³/mol. The number of rotatable bonds is 12. The number of carbonyl (C=O) groups excluding carboxylic acids is 2. The maximum Gasteiger partial charge on any atom is 0.336 e. The molecule has 1 aliphatic heterocycles. The molecule has 0 saturated carbocycles. The first-order chi connectivity index (χ1) is 14.5. The van der Waals surface area contributed by atoms with Gasteiger partial charge in [0.25, 0.3) is 5.91 Å². The van der Waals surface area contributed by atoms with Gasteiger partial charge in [0.15, 0.2) is 0 Å². The van der Waals surface area contributed by atoms with Crippen LogP contribution in [0.3, 0.4) is 0 Å². The van der Waals surface area contributed by atoms with Crippen molar-refractivity contribution in [2.45, 2.75) is 58.0 Å². The molecule has 1 aromatic carbocycles. The Labute approximate surface area is 177 Å². The second-order valence-electron chi connectivity index (χ2n) is 7.24. The lowest BCUT2D eigenvalue weighted by Crippen LogP contribution is -2.42. The number of carbonyl (C=O) groups is 3. The molecule has 1 unspecified atom stereocenters. The normalized spacial score (nSPS) is 15.3. The fraction of sp³-hybridized carbons (Fsp3) is 0.500. The van der Waals surface area contributed by atoms with Crippen LogP contribution in [0.15, 0.2) is 36.3 Å². The van der Waals surface area contributed by atoms with Gasteiger partial charge in [-0.25, -0.2) is 4.79 Å². The average molecular weight is 418 g/mol. The highest BCUT2D eigenvalue weighted by atomic mass is 16.5. The fourth-order valence-corrected chi connectivity index (χ4v) is 3.44. The Bertz CT molecular complexity index is 778. The van der Waals surface area contributed by atoms with Crippen LogP contribution >= 0.6 is 0 Å². The number of aromatic carboxylic acids is 1. The van der Waals surface area contributed by atoms with Gasteiger partial charge < -0.3 is 25.4 Å². The van der Waals surface area contributed by atoms with Gasteiger partial charge in [-0.15, -0.1) is 0 Å². The molecule has 0 bridgehead atoms. The summed E-state index contributed by atoms with van der Waals surface area (Å²) in [5.41, 5.74) is 0.0802. The molecule has 1 aromatic rings. The Morgan fingerprint density at radius 1 is 1.13 bits per heavy atom. The highest BCUT2D eigenvalue weighted by Crippen LogP contribution is 2.20. The quantitative estimate of drug-likeness (QED) is 0.354. The second-order valence-corrected chi connectivity index (χ2v) is 7.24. The Morgan fingerprint density at radius 3 is 2.53 bits per heavy atom. The first kappa shape index (κ1) is 23.3. The van der Waals surface area contributed by atoms with E-state index in [1.165, 1.54) is 19.2 Å². The van der Waals surface area contributed by atoms with E-state index in [0.717, 1.165) is 32.2 Å². The zero-order valence-corrected chi connectivity index (χ0v) is 17.6. The number of methoxy groups -OCH3 is 1. The van der Waals surface area contributed by atoms with Gasteiger partial charge in [0.05, 0.1) is 24.4 Å². The Hall–Kier alpha value is -3.03. The summed E-state index contributed by atoms with van der Waals surface area (Å²) in [6, 6.07) is 6.15. The molecular weight excluding hydrogens is 386 g/mol. The highest BCUT2D eigenvalue weighted by molar-refractivity contribution is 6.05. The first-order valence-electron chi connectivity index (χ1n) is 10.4. The van der Waals surface area contributed by atoms with Gasteiger partial charge in [-0.3, -0.25) is 9.59 Å². The van der Waals surface area contributed by atoms with Crippen LogP contribution in [0.1, 0.15) is 72.6 Å². The number of nitrogens with one attached hydrogen (secondary N) is 2. The third-order valence-electron chi connectivity index (χ3n) is 5.08. The number of esters is 1. The van der Waals surface area contributed by atoms with Gasteiger partial charge in [-0.1, -0.05) is 38.3 Å². The van der Waals surface area contributed by atoms with Crippen LogP contribution in [-0.2, 0) is 9.53 Å². The summed E-state index contributed by atoms with van der Waals surface area (Å²) in [6.45, 7) is 2.90. The summed E-state index contributed by atoms with van der Waals surface area (Å²) in [5.74, 6) is -1.24. The third-order valence-corrected chi connectivity index (χ3v) is 5.08. The molecule has 0 aliphatic carbocycles. The number of carboxylic acids is 1. The molecule has 8 heteroatoms. The van der Waals surface area contributed by atoms with Crippen molar-refractivity contribution < 1.29 is 24.2 Å². The van der Waals surface area contributed by atoms with E-state index in [1.807, 2.05) is 0 Å². The standard InChI is InChI=1S/C22H31N3O5/c1-3-4-5-8-14-25-18(12-9-13-20(26)30-2)23-15-19(25)24-21(27)16-10-6-7-11-17(16)22(28)29/h6-7,10-11,15,18,23H,3-5,8-9,12-14H2,1-2H3,(H,24,27)(H,28,29). The van der Waals surface area contributed by atoms with E-state index in [1.54, 1.807) is 18.3 Å². The Balaban J connectivity index is 2.05. The number of unbranched alkanes of at least 4 members (excludes halogenated alkanes) is 3. The van der Waals surface area contributed by atoms with E-state index in [2.05, 4.69) is 22.5 Å². The largest absolute Gasteiger partial charge is 0.478 e. The van der Waals surface area contributed by atoms with Crippen LogP contribution in [-0.4, -0.2) is 47.7 Å². The minimum Gasteiger partial charge on any atom is -0.478 e. The minimum absolute atomic E-state index is 0.0364. The Kier molecular flexibility index (Phi) is 9.18. The summed E-state index contributed by atoms with van der Waals surface area (Å²) >= 11 is 0. The number of amides is 1. The van der Waals surface area contributed by atoms with E-state index in [4.69, 9.17) is 4.74 Å². The van der Waals surface area contributed by atoms with Gasteiger partial charge in [-0.05, 0) is 31.4 Å². The maximum absolute atomic E-state index is 12.8. The second kappa shape index (κ2) is 11.8. The molecule has 3 N–H and O–H groups in total. The summed E-state index contributed by atoms with van der Waals surface area (Å²) < 4.78 is 4.70. The summed E-state index contributed by atoms with van der Waals surface area (Å²) in [7, 11) is 1.38. The van der Waals surface area contributed by atoms with Crippen LogP contribution in [0.4, 0.5) is 0 Å². The monoisotopic (exact) mass is 417 g/mol. The molecule has 0 saturated heterocycles. The molecule has 30 heavy (non-hydrogen) atoms. The third kappa shape index (κ3) is 6.50. The van der Waals surface area contributed by atoms with E-state index in [-0.39, 0.29) is 23.3 Å². The number of carboxylic acid groups (broad SMARTS) is 1. The summed E-state index contributed by atoms with van der Waals surface area (Å²) in [4.78, 5) is 37.7. The number of ether oxygens (including phenoxy) is 1. The molecule has 0 spiro atoms. The smallest absolute Gasteiger partial charge is 0.336 e. The maximum atomic E-state index is 12.8. The zero-order valence-electron chi connectivity index (χ0n) is 17.6. The van der Waals surface area contributed by atoms with Crippen molar-refractivity contribution in [2.24, 2.45) is 0 Å². The molecule has 1 heterocycles. The van der Waals surface area contributed by atoms with Crippen molar-refractivity contribution in [1.82, 2.24) is 15.5 Å². The molecule has 0 fully saturated rings. The van der Waals surface area contributed by atoms with Crippen molar-refractivity contribution in [3.05, 3.63) is 47.4 Å². The molecule has 0 aromatic heterocycles. The lowest BCUT2D eigenvalue weighted by atomic mass is 10.1. The van der Waals surface area contributed by atoms with Crippen LogP contribution in [0.5, 0.6) is 0 Å². The minimum atomic E-state index is -1.14. The van der Waals surface area contributed by atoms with Crippen molar-refractivity contribution in [3.8, 4) is 0 Å². The molecule has 2 rings (SSSR count). The van der Waals surface area contributed by atoms with Crippen molar-refractivity contribution in [2.75, 3.05) is 13.7 Å². The number of benzene rings is 1. The van der Waals surface area contributed by atoms with Gasteiger partial charge >= 0.3 is 11.9 Å². The van der Waals surface area contributed by atoms with E-state index in [0.29, 0.717) is 25.1 Å². The van der Waals surface area contributed by atoms with Gasteiger partial charge in [0.1, 0.15) is 5.82 Å². The molecule has 1 aliphatic rings. The highest BCUT2D eigenvalue weighted by Gasteiger charge is 2.27.